The van der Waals surface area contributed by atoms with Crippen LogP contribution in [0.3, 0.4) is 0 Å². The van der Waals surface area contributed by atoms with Crippen LogP contribution >= 0.6 is 0 Å². The van der Waals surface area contributed by atoms with Crippen LogP contribution in [-0.4, -0.2) is 62.7 Å². The molecule has 0 fully saturated rings. The van der Waals surface area contributed by atoms with E-state index in [0.717, 1.165) is 27.9 Å². The molecule has 1 aromatic heterocycles. The number of aromatic nitrogens is 4. The third-order valence-electron chi connectivity index (χ3n) is 6.20. The standard InChI is InChI=1S/C27H35N6O3/c1-9-21(34)33(7,8)15-17-11-10-12-18(13-17)20-14-19-23-22(28-16-31(23)5)25(30-24(19)29-20)32(6)26(35)36-27(2,3)4/h10-14,16H,9,15H2,1-8H3,(H,29,30)/q+1. The van der Waals surface area contributed by atoms with Crippen molar-refractivity contribution in [2.45, 2.75) is 46.3 Å². The molecule has 36 heavy (non-hydrogen) atoms. The van der Waals surface area contributed by atoms with E-state index in [9.17, 15) is 9.59 Å². The average Bonchev–Trinajstić information content (AvgIpc) is 3.39. The van der Waals surface area contributed by atoms with Gasteiger partial charge >= 0.3 is 12.0 Å². The number of pyridine rings is 1. The van der Waals surface area contributed by atoms with E-state index < -0.39 is 11.7 Å². The van der Waals surface area contributed by atoms with Crippen LogP contribution in [-0.2, 0) is 23.1 Å². The molecule has 4 rings (SSSR count). The Morgan fingerprint density at radius 1 is 1.19 bits per heavy atom. The highest BCUT2D eigenvalue weighted by molar-refractivity contribution is 6.03. The van der Waals surface area contributed by atoms with Crippen LogP contribution in [0.2, 0.25) is 0 Å². The molecule has 2 amide bonds. The van der Waals surface area contributed by atoms with Gasteiger partial charge in [0.1, 0.15) is 29.3 Å². The number of benzene rings is 1. The second kappa shape index (κ2) is 9.05. The van der Waals surface area contributed by atoms with E-state index >= 15 is 0 Å². The molecule has 9 nitrogen and oxygen atoms in total. The third-order valence-corrected chi connectivity index (χ3v) is 6.20. The summed E-state index contributed by atoms with van der Waals surface area (Å²) in [6.07, 6.45) is 1.74. The van der Waals surface area contributed by atoms with E-state index in [2.05, 4.69) is 16.0 Å². The SMILES string of the molecule is CCC(=O)[N+](C)(C)Cc1cccc(-c2cc3c4c(ncn4C)c(N(C)C(=O)OC(C)(C)C)[nH]c-3n2)c1. The highest BCUT2D eigenvalue weighted by Crippen LogP contribution is 2.37. The molecule has 3 heterocycles. The van der Waals surface area contributed by atoms with Crippen molar-refractivity contribution < 1.29 is 18.8 Å². The maximum Gasteiger partial charge on any atom is 0.415 e. The van der Waals surface area contributed by atoms with E-state index in [1.165, 1.54) is 4.90 Å². The maximum absolute atomic E-state index is 12.8. The Morgan fingerprint density at radius 3 is 2.58 bits per heavy atom. The number of aryl methyl sites for hydroxylation is 1. The summed E-state index contributed by atoms with van der Waals surface area (Å²) in [7, 11) is 7.45. The van der Waals surface area contributed by atoms with Gasteiger partial charge in [0.15, 0.2) is 0 Å². The number of aromatic amines is 1. The number of hydrogen-bond donors (Lipinski definition) is 1. The van der Waals surface area contributed by atoms with Gasteiger partial charge in [-0.25, -0.2) is 19.6 Å². The number of H-pyrrole nitrogens is 1. The van der Waals surface area contributed by atoms with Crippen LogP contribution in [0.5, 0.6) is 0 Å². The number of nitrogens with one attached hydrogen (secondary N) is 1. The second-order valence-electron chi connectivity index (χ2n) is 10.8. The summed E-state index contributed by atoms with van der Waals surface area (Å²) in [5.74, 6) is 1.35. The van der Waals surface area contributed by atoms with Crippen LogP contribution < -0.4 is 4.90 Å². The van der Waals surface area contributed by atoms with Gasteiger partial charge in [-0.15, -0.1) is 0 Å². The number of anilines is 1. The molecule has 0 saturated carbocycles. The number of carbonyl (C=O) groups is 2. The van der Waals surface area contributed by atoms with Gasteiger partial charge in [-0.3, -0.25) is 9.38 Å². The van der Waals surface area contributed by atoms with Crippen molar-refractivity contribution in [2.75, 3.05) is 26.0 Å². The highest BCUT2D eigenvalue weighted by Gasteiger charge is 2.28. The summed E-state index contributed by atoms with van der Waals surface area (Å²) in [5, 5.41) is 0. The average molecular weight is 492 g/mol. The largest absolute Gasteiger partial charge is 0.443 e. The highest BCUT2D eigenvalue weighted by atomic mass is 16.6. The molecule has 0 unspecified atom stereocenters. The molecule has 0 aliphatic carbocycles. The van der Waals surface area contributed by atoms with Crippen LogP contribution in [0.15, 0.2) is 36.7 Å². The minimum Gasteiger partial charge on any atom is -0.443 e. The molecular weight excluding hydrogens is 456 g/mol. The molecule has 0 radical (unpaired) electrons. The number of amides is 2. The summed E-state index contributed by atoms with van der Waals surface area (Å²) in [6.45, 7) is 7.99. The van der Waals surface area contributed by atoms with Gasteiger partial charge in [-0.2, -0.15) is 0 Å². The van der Waals surface area contributed by atoms with Gasteiger partial charge in [0.25, 0.3) is 0 Å². The number of ether oxygens (including phenoxy) is 1. The minimum atomic E-state index is -0.621. The van der Waals surface area contributed by atoms with Crippen molar-refractivity contribution in [1.29, 1.82) is 0 Å². The van der Waals surface area contributed by atoms with Crippen molar-refractivity contribution >= 4 is 28.9 Å². The lowest BCUT2D eigenvalue weighted by Gasteiger charge is -2.26. The normalized spacial score (nSPS) is 12.3. The minimum absolute atomic E-state index is 0.187. The molecule has 0 saturated heterocycles. The van der Waals surface area contributed by atoms with E-state index in [4.69, 9.17) is 9.72 Å². The number of hydrogen-bond acceptors (Lipinski definition) is 5. The van der Waals surface area contributed by atoms with E-state index in [-0.39, 0.29) is 5.91 Å². The molecule has 0 atom stereocenters. The van der Waals surface area contributed by atoms with Gasteiger partial charge in [0.05, 0.1) is 38.1 Å². The van der Waals surface area contributed by atoms with E-state index in [1.54, 1.807) is 13.4 Å². The third kappa shape index (κ3) is 4.83. The summed E-state index contributed by atoms with van der Waals surface area (Å²) in [4.78, 5) is 39.3. The van der Waals surface area contributed by atoms with Crippen molar-refractivity contribution in [3.05, 3.63) is 42.2 Å². The summed E-state index contributed by atoms with van der Waals surface area (Å²) in [6, 6.07) is 10.2. The molecule has 2 aromatic rings. The van der Waals surface area contributed by atoms with Gasteiger partial charge < -0.3 is 14.3 Å². The molecule has 190 valence electrons. The van der Waals surface area contributed by atoms with Gasteiger partial charge in [-0.1, -0.05) is 25.1 Å². The Balaban J connectivity index is 1.77. The fourth-order valence-electron chi connectivity index (χ4n) is 4.40. The zero-order valence-corrected chi connectivity index (χ0v) is 22.3. The number of carbonyl (C=O) groups excluding carboxylic acids is 2. The Morgan fingerprint density at radius 2 is 1.92 bits per heavy atom. The van der Waals surface area contributed by atoms with Gasteiger partial charge in [0, 0.05) is 30.8 Å². The monoisotopic (exact) mass is 491 g/mol. The Labute approximate surface area is 211 Å². The van der Waals surface area contributed by atoms with Crippen molar-refractivity contribution in [2.24, 2.45) is 7.05 Å². The second-order valence-corrected chi connectivity index (χ2v) is 10.8. The molecule has 2 aliphatic rings. The van der Waals surface area contributed by atoms with E-state index in [1.807, 2.05) is 77.7 Å². The molecule has 1 aromatic carbocycles. The van der Waals surface area contributed by atoms with Crippen LogP contribution in [0.25, 0.3) is 33.7 Å². The number of rotatable bonds is 5. The molecule has 0 bridgehead atoms. The van der Waals surface area contributed by atoms with Gasteiger partial charge in [0.2, 0.25) is 0 Å². The quantitative estimate of drug-likeness (QED) is 0.399. The molecular formula is C27H35N6O3+. The zero-order chi connectivity index (χ0) is 26.4. The Bertz CT molecular complexity index is 1410. The fraction of sp³-hybridized carbons (Fsp3) is 0.407. The summed E-state index contributed by atoms with van der Waals surface area (Å²) in [5.41, 5.74) is 4.63. The first-order chi connectivity index (χ1) is 16.8. The number of fused-ring (bicyclic) bond motifs is 3. The first kappa shape index (κ1) is 25.4. The number of nitrogens with zero attached hydrogens (tertiary/aromatic N) is 5. The van der Waals surface area contributed by atoms with Crippen molar-refractivity contribution in [3.8, 4) is 22.6 Å². The Hall–Kier alpha value is -3.72. The lowest BCUT2D eigenvalue weighted by molar-refractivity contribution is -0.827. The first-order valence-corrected chi connectivity index (χ1v) is 12.1. The lowest BCUT2D eigenvalue weighted by atomic mass is 10.1. The van der Waals surface area contributed by atoms with Crippen LogP contribution in [0.4, 0.5) is 10.6 Å². The Kier molecular flexibility index (Phi) is 6.38. The van der Waals surface area contributed by atoms with E-state index in [0.29, 0.717) is 34.6 Å². The van der Waals surface area contributed by atoms with Crippen molar-refractivity contribution in [3.63, 3.8) is 0 Å². The fourth-order valence-corrected chi connectivity index (χ4v) is 4.40. The number of imidazole rings is 1. The molecule has 9 heteroatoms. The maximum atomic E-state index is 12.8. The topological polar surface area (TPSA) is 93.1 Å². The molecule has 0 spiro atoms. The first-order valence-electron chi connectivity index (χ1n) is 12.1. The lowest BCUT2D eigenvalue weighted by Crippen LogP contribution is -2.44. The molecule has 1 N–H and O–H groups in total. The summed E-state index contributed by atoms with van der Waals surface area (Å²) < 4.78 is 7.78. The van der Waals surface area contributed by atoms with Gasteiger partial charge in [-0.05, 0) is 32.9 Å². The molecule has 2 aliphatic heterocycles. The van der Waals surface area contributed by atoms with Crippen molar-refractivity contribution in [1.82, 2.24) is 19.5 Å². The predicted octanol–water partition coefficient (Wildman–Crippen LogP) is 4.95. The van der Waals surface area contributed by atoms with Crippen LogP contribution in [0.1, 0.15) is 39.7 Å². The zero-order valence-electron chi connectivity index (χ0n) is 22.3. The van der Waals surface area contributed by atoms with Crippen LogP contribution in [0, 0.1) is 0 Å². The smallest absolute Gasteiger partial charge is 0.415 e. The predicted molar refractivity (Wildman–Crippen MR) is 141 cm³/mol. The summed E-state index contributed by atoms with van der Waals surface area (Å²) >= 11 is 0. The number of quaternary nitrogens is 1.